The van der Waals surface area contributed by atoms with Crippen molar-refractivity contribution in [1.82, 2.24) is 0 Å². The van der Waals surface area contributed by atoms with E-state index in [1.165, 1.54) is 4.88 Å². The zero-order chi connectivity index (χ0) is 11.5. The quantitative estimate of drug-likeness (QED) is 0.740. The van der Waals surface area contributed by atoms with Gasteiger partial charge in [-0.15, -0.1) is 11.3 Å². The molecule has 1 nitrogen and oxygen atoms in total. The molecule has 1 aliphatic rings. The third-order valence-corrected chi connectivity index (χ3v) is 4.13. The Morgan fingerprint density at radius 3 is 3.06 bits per heavy atom. The van der Waals surface area contributed by atoms with Gasteiger partial charge in [0.25, 0.3) is 0 Å². The summed E-state index contributed by atoms with van der Waals surface area (Å²) in [6.45, 7) is 1.98. The van der Waals surface area contributed by atoms with Crippen molar-refractivity contribution in [2.45, 2.75) is 19.8 Å². The normalized spacial score (nSPS) is 19.6. The number of carbonyl (C=O) groups is 1. The van der Waals surface area contributed by atoms with Crippen molar-refractivity contribution in [2.24, 2.45) is 5.92 Å². The summed E-state index contributed by atoms with van der Waals surface area (Å²) in [7, 11) is 0. The number of rotatable bonds is 3. The number of halogens is 1. The van der Waals surface area contributed by atoms with Crippen LogP contribution in [-0.2, 0) is 6.42 Å². The molecule has 0 spiro atoms. The molecule has 1 heterocycles. The van der Waals surface area contributed by atoms with Crippen molar-refractivity contribution in [3.05, 3.63) is 44.6 Å². The molecular weight excluding hydrogens is 240 g/mol. The zero-order valence-electron chi connectivity index (χ0n) is 9.07. The summed E-state index contributed by atoms with van der Waals surface area (Å²) < 4.78 is 0. The maximum Gasteiger partial charge on any atom is 0.160 e. The Kier molecular flexibility index (Phi) is 3.62. The largest absolute Gasteiger partial charge is 0.297 e. The number of hydrogen-bond donors (Lipinski definition) is 0. The van der Waals surface area contributed by atoms with Gasteiger partial charge in [-0.2, -0.15) is 0 Å². The van der Waals surface area contributed by atoms with E-state index in [4.69, 9.17) is 11.6 Å². The summed E-state index contributed by atoms with van der Waals surface area (Å²) in [5.41, 5.74) is 1.08. The first-order valence-electron chi connectivity index (χ1n) is 5.27. The molecule has 1 aliphatic carbocycles. The van der Waals surface area contributed by atoms with Crippen molar-refractivity contribution in [3.63, 3.8) is 0 Å². The molecule has 0 fully saturated rings. The van der Waals surface area contributed by atoms with Crippen molar-refractivity contribution < 1.29 is 4.79 Å². The summed E-state index contributed by atoms with van der Waals surface area (Å²) in [5.74, 6) is 0.468. The van der Waals surface area contributed by atoms with Crippen molar-refractivity contribution in [2.75, 3.05) is 0 Å². The summed E-state index contributed by atoms with van der Waals surface area (Å²) in [5, 5.41) is 0.820. The molecule has 0 bridgehead atoms. The van der Waals surface area contributed by atoms with Crippen LogP contribution in [0.4, 0.5) is 0 Å². The Balaban J connectivity index is 2.09. The van der Waals surface area contributed by atoms with Crippen LogP contribution >= 0.6 is 22.9 Å². The molecule has 1 unspecified atom stereocenters. The zero-order valence-corrected chi connectivity index (χ0v) is 10.6. The minimum Gasteiger partial charge on any atom is -0.297 e. The smallest absolute Gasteiger partial charge is 0.160 e. The molecule has 1 aromatic heterocycles. The predicted octanol–water partition coefficient (Wildman–Crippen LogP) is 4.11. The van der Waals surface area contributed by atoms with Gasteiger partial charge in [0, 0.05) is 9.91 Å². The van der Waals surface area contributed by atoms with Gasteiger partial charge in [-0.05, 0) is 43.4 Å². The molecule has 0 radical (unpaired) electrons. The van der Waals surface area contributed by atoms with E-state index in [0.717, 1.165) is 34.6 Å². The third-order valence-electron chi connectivity index (χ3n) is 2.69. The highest BCUT2D eigenvalue weighted by atomic mass is 35.5. The first-order chi connectivity index (χ1) is 7.69. The summed E-state index contributed by atoms with van der Waals surface area (Å²) in [6.07, 6.45) is 9.08. The van der Waals surface area contributed by atoms with E-state index in [2.05, 4.69) is 18.2 Å². The molecule has 0 amide bonds. The first kappa shape index (κ1) is 11.6. The van der Waals surface area contributed by atoms with E-state index in [1.807, 2.05) is 13.0 Å². The predicted molar refractivity (Wildman–Crippen MR) is 69.3 cm³/mol. The summed E-state index contributed by atoms with van der Waals surface area (Å²) in [6, 6.07) is 2.11. The van der Waals surface area contributed by atoms with Crippen LogP contribution in [0.2, 0.25) is 0 Å². The number of aldehydes is 1. The van der Waals surface area contributed by atoms with Crippen LogP contribution in [0.1, 0.15) is 26.5 Å². The topological polar surface area (TPSA) is 17.1 Å². The van der Waals surface area contributed by atoms with Gasteiger partial charge in [-0.1, -0.05) is 23.8 Å². The lowest BCUT2D eigenvalue weighted by Gasteiger charge is -2.12. The van der Waals surface area contributed by atoms with Crippen LogP contribution < -0.4 is 0 Å². The highest BCUT2D eigenvalue weighted by Gasteiger charge is 2.12. The minimum atomic E-state index is 0.468. The van der Waals surface area contributed by atoms with Gasteiger partial charge in [-0.3, -0.25) is 4.79 Å². The van der Waals surface area contributed by atoms with Crippen LogP contribution in [0.5, 0.6) is 0 Å². The number of allylic oxidation sites excluding steroid dienone is 4. The molecule has 2 rings (SSSR count). The van der Waals surface area contributed by atoms with Crippen LogP contribution in [0.15, 0.2) is 29.3 Å². The molecular formula is C13H13ClOS. The molecule has 0 saturated carbocycles. The van der Waals surface area contributed by atoms with Crippen molar-refractivity contribution >= 4 is 29.2 Å². The van der Waals surface area contributed by atoms with Crippen molar-refractivity contribution in [3.8, 4) is 0 Å². The summed E-state index contributed by atoms with van der Waals surface area (Å²) in [4.78, 5) is 12.9. The van der Waals surface area contributed by atoms with E-state index in [1.54, 1.807) is 11.3 Å². The van der Waals surface area contributed by atoms with Gasteiger partial charge in [0.15, 0.2) is 6.29 Å². The van der Waals surface area contributed by atoms with Gasteiger partial charge in [-0.25, -0.2) is 0 Å². The van der Waals surface area contributed by atoms with Gasteiger partial charge in [0.1, 0.15) is 0 Å². The molecule has 1 atom stereocenters. The molecule has 3 heteroatoms. The fourth-order valence-corrected chi connectivity index (χ4v) is 3.24. The molecule has 0 aromatic carbocycles. The maximum atomic E-state index is 10.8. The van der Waals surface area contributed by atoms with Crippen LogP contribution in [-0.4, -0.2) is 6.29 Å². The Morgan fingerprint density at radius 1 is 1.62 bits per heavy atom. The number of carbonyl (C=O) groups excluding carboxylic acids is 1. The van der Waals surface area contributed by atoms with Gasteiger partial charge >= 0.3 is 0 Å². The highest BCUT2D eigenvalue weighted by molar-refractivity contribution is 7.13. The number of aryl methyl sites for hydroxylation is 1. The monoisotopic (exact) mass is 252 g/mol. The standard InChI is InChI=1S/C13H13ClOS/c1-9-5-12(16-13(9)8-15)7-10-3-2-4-11(14)6-10/h2,4-6,8,10H,3,7H2,1H3. The number of hydrogen-bond acceptors (Lipinski definition) is 2. The average molecular weight is 253 g/mol. The van der Waals surface area contributed by atoms with Crippen LogP contribution in [0.25, 0.3) is 0 Å². The van der Waals surface area contributed by atoms with E-state index >= 15 is 0 Å². The van der Waals surface area contributed by atoms with Gasteiger partial charge in [0.05, 0.1) is 4.88 Å². The molecule has 16 heavy (non-hydrogen) atoms. The van der Waals surface area contributed by atoms with E-state index in [9.17, 15) is 4.79 Å². The van der Waals surface area contributed by atoms with Crippen LogP contribution in [0, 0.1) is 12.8 Å². The van der Waals surface area contributed by atoms with Gasteiger partial charge < -0.3 is 0 Å². The fraction of sp³-hybridized carbons (Fsp3) is 0.308. The minimum absolute atomic E-state index is 0.468. The van der Waals surface area contributed by atoms with Crippen LogP contribution in [0.3, 0.4) is 0 Å². The highest BCUT2D eigenvalue weighted by Crippen LogP contribution is 2.27. The van der Waals surface area contributed by atoms with E-state index in [-0.39, 0.29) is 0 Å². The second-order valence-corrected chi connectivity index (χ2v) is 5.64. The molecule has 1 aromatic rings. The number of thiophene rings is 1. The van der Waals surface area contributed by atoms with Gasteiger partial charge in [0.2, 0.25) is 0 Å². The SMILES string of the molecule is Cc1cc(CC2C=C(Cl)C=CC2)sc1C=O. The van der Waals surface area contributed by atoms with Crippen molar-refractivity contribution in [1.29, 1.82) is 0 Å². The second-order valence-electron chi connectivity index (χ2n) is 4.03. The van der Waals surface area contributed by atoms with E-state index < -0.39 is 0 Å². The first-order valence-corrected chi connectivity index (χ1v) is 6.47. The second kappa shape index (κ2) is 4.98. The maximum absolute atomic E-state index is 10.8. The third kappa shape index (κ3) is 2.63. The lowest BCUT2D eigenvalue weighted by atomic mass is 9.96. The molecule has 0 saturated heterocycles. The Labute approximate surface area is 104 Å². The Morgan fingerprint density at radius 2 is 2.44 bits per heavy atom. The Hall–Kier alpha value is -0.860. The average Bonchev–Trinajstić information content (AvgIpc) is 2.58. The molecule has 84 valence electrons. The fourth-order valence-electron chi connectivity index (χ4n) is 1.89. The van der Waals surface area contributed by atoms with E-state index in [0.29, 0.717) is 5.92 Å². The molecule has 0 N–H and O–H groups in total. The lowest BCUT2D eigenvalue weighted by Crippen LogP contribution is -2.01. The Bertz CT molecular complexity index is 456. The molecule has 0 aliphatic heterocycles. The summed E-state index contributed by atoms with van der Waals surface area (Å²) >= 11 is 7.55. The lowest BCUT2D eigenvalue weighted by molar-refractivity contribution is 0.112.